The van der Waals surface area contributed by atoms with E-state index >= 15 is 8.78 Å². The van der Waals surface area contributed by atoms with E-state index in [0.717, 1.165) is 28.2 Å². The molecule has 0 unspecified atom stereocenters. The fourth-order valence-electron chi connectivity index (χ4n) is 4.83. The zero-order valence-electron chi connectivity index (χ0n) is 20.3. The van der Waals surface area contributed by atoms with Crippen LogP contribution in [0.25, 0.3) is 22.6 Å². The van der Waals surface area contributed by atoms with Gasteiger partial charge in [0.1, 0.15) is 11.6 Å². The van der Waals surface area contributed by atoms with E-state index < -0.39 is 11.7 Å². The second kappa shape index (κ2) is 8.52. The third kappa shape index (κ3) is 3.79. The van der Waals surface area contributed by atoms with Crippen molar-refractivity contribution < 1.29 is 8.78 Å². The highest BCUT2D eigenvalue weighted by molar-refractivity contribution is 6.31. The van der Waals surface area contributed by atoms with E-state index in [1.165, 1.54) is 22.8 Å². The van der Waals surface area contributed by atoms with Crippen molar-refractivity contribution in [2.45, 2.75) is 32.4 Å². The summed E-state index contributed by atoms with van der Waals surface area (Å²) in [6, 6.07) is 11.4. The average molecular weight is 521 g/mol. The molecule has 0 bridgehead atoms. The Balaban J connectivity index is 1.40. The Hall–Kier alpha value is -4.05. The predicted octanol–water partition coefficient (Wildman–Crippen LogP) is 5.96. The summed E-state index contributed by atoms with van der Waals surface area (Å²) in [5.74, 6) is -1.94. The minimum atomic E-state index is -3.40. The second-order valence-electron chi connectivity index (χ2n) is 9.24. The van der Waals surface area contributed by atoms with Gasteiger partial charge in [0.25, 0.3) is 0 Å². The molecule has 8 nitrogen and oxygen atoms in total. The van der Waals surface area contributed by atoms with Gasteiger partial charge in [-0.1, -0.05) is 29.8 Å². The molecule has 0 saturated carbocycles. The quantitative estimate of drug-likeness (QED) is 0.309. The van der Waals surface area contributed by atoms with Gasteiger partial charge in [-0.05, 0) is 43.2 Å². The Morgan fingerprint density at radius 1 is 1.14 bits per heavy atom. The molecule has 0 amide bonds. The van der Waals surface area contributed by atoms with Gasteiger partial charge in [-0.2, -0.15) is 13.9 Å². The summed E-state index contributed by atoms with van der Waals surface area (Å²) in [6.07, 6.45) is 5.53. The van der Waals surface area contributed by atoms with Crippen LogP contribution in [0.1, 0.15) is 29.9 Å². The summed E-state index contributed by atoms with van der Waals surface area (Å²) in [4.78, 5) is 4.50. The number of benzene rings is 1. The van der Waals surface area contributed by atoms with Crippen molar-refractivity contribution in [3.05, 3.63) is 83.0 Å². The number of nitrogens with zero attached hydrogens (tertiary/aromatic N) is 7. The van der Waals surface area contributed by atoms with Crippen LogP contribution in [0, 0.1) is 6.92 Å². The maximum absolute atomic E-state index is 15.6. The monoisotopic (exact) mass is 520 g/mol. The molecule has 1 N–H and O–H groups in total. The summed E-state index contributed by atoms with van der Waals surface area (Å²) in [7, 11) is 1.85. The number of alkyl halides is 2. The van der Waals surface area contributed by atoms with Gasteiger partial charge in [-0.3, -0.25) is 9.25 Å². The first-order valence-corrected chi connectivity index (χ1v) is 12.1. The number of pyridine rings is 1. The van der Waals surface area contributed by atoms with Crippen molar-refractivity contribution in [3.8, 4) is 22.6 Å². The van der Waals surface area contributed by atoms with Crippen molar-refractivity contribution in [2.75, 3.05) is 5.32 Å². The molecular weight excluding hydrogens is 498 g/mol. The molecule has 6 rings (SSSR count). The normalized spacial score (nSPS) is 14.9. The van der Waals surface area contributed by atoms with Crippen molar-refractivity contribution in [2.24, 2.45) is 7.05 Å². The lowest BCUT2D eigenvalue weighted by Gasteiger charge is -2.27. The summed E-state index contributed by atoms with van der Waals surface area (Å²) < 4.78 is 36.6. The molecule has 37 heavy (non-hydrogen) atoms. The molecule has 0 fully saturated rings. The number of halogens is 3. The van der Waals surface area contributed by atoms with Crippen LogP contribution in [0.5, 0.6) is 0 Å². The van der Waals surface area contributed by atoms with E-state index in [9.17, 15) is 0 Å². The van der Waals surface area contributed by atoms with Crippen LogP contribution in [-0.4, -0.2) is 34.1 Å². The van der Waals surface area contributed by atoms with Crippen molar-refractivity contribution in [1.29, 1.82) is 0 Å². The van der Waals surface area contributed by atoms with Crippen molar-refractivity contribution >= 4 is 23.2 Å². The molecule has 11 heteroatoms. The van der Waals surface area contributed by atoms with Gasteiger partial charge in [0.2, 0.25) is 5.82 Å². The summed E-state index contributed by atoms with van der Waals surface area (Å²) >= 11 is 6.12. The van der Waals surface area contributed by atoms with E-state index in [1.807, 2.05) is 49.9 Å². The molecule has 0 radical (unpaired) electrons. The molecule has 1 aliphatic rings. The standard InChI is InChI=1S/C26H23ClF2N8/c1-15-12-30-22(32-23-8-9-31-35(23)3)11-18(15)17-10-21-24-33-34-25(37(24)16(2)13-36(21)14-17)26(28,29)19-6-4-5-7-20(19)27/h4-12,14,16H,13H2,1-3H3,(H,30,32)/t16-/m0/s1. The first-order chi connectivity index (χ1) is 17.7. The number of aryl methyl sites for hydroxylation is 2. The average Bonchev–Trinajstić information content (AvgIpc) is 3.59. The molecule has 0 saturated heterocycles. The van der Waals surface area contributed by atoms with Gasteiger partial charge in [-0.25, -0.2) is 4.98 Å². The van der Waals surface area contributed by atoms with Crippen molar-refractivity contribution in [1.82, 2.24) is 34.1 Å². The second-order valence-corrected chi connectivity index (χ2v) is 9.64. The first-order valence-electron chi connectivity index (χ1n) is 11.7. The summed E-state index contributed by atoms with van der Waals surface area (Å²) in [5.41, 5.74) is 3.33. The van der Waals surface area contributed by atoms with E-state index in [1.54, 1.807) is 23.1 Å². The fourth-order valence-corrected chi connectivity index (χ4v) is 5.08. The lowest BCUT2D eigenvalue weighted by atomic mass is 10.0. The van der Waals surface area contributed by atoms with Crippen LogP contribution in [-0.2, 0) is 19.5 Å². The molecule has 5 heterocycles. The highest BCUT2D eigenvalue weighted by atomic mass is 35.5. The zero-order valence-corrected chi connectivity index (χ0v) is 21.1. The fraction of sp³-hybridized carbons (Fsp3) is 0.231. The third-order valence-electron chi connectivity index (χ3n) is 6.71. The van der Waals surface area contributed by atoms with Crippen LogP contribution in [0.4, 0.5) is 20.4 Å². The third-order valence-corrected chi connectivity index (χ3v) is 7.04. The van der Waals surface area contributed by atoms with Gasteiger partial charge < -0.3 is 9.88 Å². The number of anilines is 2. The molecule has 0 aliphatic carbocycles. The zero-order chi connectivity index (χ0) is 25.9. The Morgan fingerprint density at radius 2 is 1.95 bits per heavy atom. The Labute approximate surface area is 216 Å². The largest absolute Gasteiger partial charge is 0.342 e. The minimum Gasteiger partial charge on any atom is -0.342 e. The molecular formula is C26H23ClF2N8. The molecule has 5 aromatic rings. The lowest BCUT2D eigenvalue weighted by molar-refractivity contribution is 0.0269. The van der Waals surface area contributed by atoms with E-state index in [-0.39, 0.29) is 16.6 Å². The number of aromatic nitrogens is 7. The smallest absolute Gasteiger partial charge is 0.333 e. The molecule has 1 aliphatic heterocycles. The van der Waals surface area contributed by atoms with E-state index in [4.69, 9.17) is 11.6 Å². The van der Waals surface area contributed by atoms with Gasteiger partial charge in [-0.15, -0.1) is 10.2 Å². The molecule has 1 aromatic carbocycles. The summed E-state index contributed by atoms with van der Waals surface area (Å²) in [5, 5.41) is 15.6. The highest BCUT2D eigenvalue weighted by Crippen LogP contribution is 2.43. The number of rotatable bonds is 5. The van der Waals surface area contributed by atoms with Crippen LogP contribution in [0.3, 0.4) is 0 Å². The van der Waals surface area contributed by atoms with Crippen LogP contribution < -0.4 is 5.32 Å². The van der Waals surface area contributed by atoms with Crippen LogP contribution >= 0.6 is 11.6 Å². The van der Waals surface area contributed by atoms with Gasteiger partial charge in [0.05, 0.1) is 23.0 Å². The SMILES string of the molecule is Cc1cnc(Nc2ccnn2C)cc1-c1cc2n(c1)C[C@H](C)n1c-2nnc1C(F)(F)c1ccccc1Cl. The topological polar surface area (TPSA) is 78.4 Å². The Morgan fingerprint density at radius 3 is 2.70 bits per heavy atom. The van der Waals surface area contributed by atoms with Crippen LogP contribution in [0.2, 0.25) is 5.02 Å². The van der Waals surface area contributed by atoms with E-state index in [0.29, 0.717) is 18.2 Å². The number of hydrogen-bond acceptors (Lipinski definition) is 5. The predicted molar refractivity (Wildman–Crippen MR) is 137 cm³/mol. The minimum absolute atomic E-state index is 0.0114. The van der Waals surface area contributed by atoms with E-state index in [2.05, 4.69) is 25.6 Å². The molecule has 188 valence electrons. The number of hydrogen-bond donors (Lipinski definition) is 1. The molecule has 1 atom stereocenters. The van der Waals surface area contributed by atoms with Gasteiger partial charge in [0.15, 0.2) is 5.82 Å². The Kier molecular flexibility index (Phi) is 5.38. The maximum atomic E-state index is 15.6. The van der Waals surface area contributed by atoms with Crippen molar-refractivity contribution in [3.63, 3.8) is 0 Å². The molecule has 0 spiro atoms. The summed E-state index contributed by atoms with van der Waals surface area (Å²) in [6.45, 7) is 4.37. The first kappa shape index (κ1) is 23.4. The van der Waals surface area contributed by atoms with Gasteiger partial charge >= 0.3 is 5.92 Å². The van der Waals surface area contributed by atoms with Gasteiger partial charge in [0, 0.05) is 43.2 Å². The maximum Gasteiger partial charge on any atom is 0.333 e. The highest BCUT2D eigenvalue weighted by Gasteiger charge is 2.44. The number of fused-ring (bicyclic) bond motifs is 3. The molecule has 4 aromatic heterocycles. The number of nitrogens with one attached hydrogen (secondary N) is 1. The Bertz CT molecular complexity index is 1630. The van der Waals surface area contributed by atoms with Crippen LogP contribution in [0.15, 0.2) is 61.1 Å². The lowest BCUT2D eigenvalue weighted by Crippen LogP contribution is -2.28.